The summed E-state index contributed by atoms with van der Waals surface area (Å²) >= 11 is 1.65. The fourth-order valence-corrected chi connectivity index (χ4v) is 11.4. The van der Waals surface area contributed by atoms with Gasteiger partial charge in [0.2, 0.25) is 0 Å². The summed E-state index contributed by atoms with van der Waals surface area (Å²) in [4.78, 5) is 1.13. The van der Waals surface area contributed by atoms with E-state index in [1.54, 1.807) is 33.1 Å². The summed E-state index contributed by atoms with van der Waals surface area (Å²) in [7, 11) is 2.78. The molecule has 2 saturated carbocycles. The molecule has 9 nitrogen and oxygen atoms in total. The van der Waals surface area contributed by atoms with E-state index >= 15 is 0 Å². The van der Waals surface area contributed by atoms with E-state index in [0.717, 1.165) is 45.9 Å². The highest BCUT2D eigenvalue weighted by molar-refractivity contribution is 8.02. The minimum Gasteiger partial charge on any atom is -0.497 e. The fourth-order valence-electron chi connectivity index (χ4n) is 9.56. The Kier molecular flexibility index (Phi) is 17.7. The van der Waals surface area contributed by atoms with Gasteiger partial charge in [0.15, 0.2) is 8.32 Å². The highest BCUT2D eigenvalue weighted by atomic mass is 32.2. The summed E-state index contributed by atoms with van der Waals surface area (Å²) < 4.78 is 51.3. The van der Waals surface area contributed by atoms with Crippen LogP contribution in [0.15, 0.2) is 138 Å². The molecule has 0 unspecified atom stereocenters. The fraction of sp³-hybridized carbons (Fsp3) is 0.491. The molecule has 4 aromatic rings. The molecule has 0 spiro atoms. The Morgan fingerprint density at radius 2 is 1.36 bits per heavy atom. The normalized spacial score (nSPS) is 23.1. The number of methoxy groups -OCH3 is 3. The molecule has 0 radical (unpaired) electrons. The topological polar surface area (TPSA) is 94.1 Å². The lowest BCUT2D eigenvalue weighted by Crippen LogP contribution is -2.55. The second-order valence-electron chi connectivity index (χ2n) is 19.8. The van der Waals surface area contributed by atoms with Crippen LogP contribution in [0.1, 0.15) is 70.6 Å². The van der Waals surface area contributed by atoms with E-state index in [2.05, 4.69) is 83.5 Å². The molecule has 4 aromatic carbocycles. The molecule has 2 aliphatic rings. The SMILES string of the molecule is COCO[C@@H]1[C@H]2CC[C@](/C=C\Sc3ccccc3)(C2(C)C)[C@@]1(O)/C=C\[C@@](COCc1ccc(OC)cc1)(OCc1ccccc1)[C@@H](CCO[Si](C)(C)C(C)(C)C)OCc1ccc(OC)cc1. The lowest BCUT2D eigenvalue weighted by molar-refractivity contribution is -0.174. The first-order valence-corrected chi connectivity index (χ1v) is 27.0. The van der Waals surface area contributed by atoms with Crippen LogP contribution in [0.4, 0.5) is 0 Å². The molecule has 6 rings (SSSR count). The molecular formula is C55H74O9SSi. The van der Waals surface area contributed by atoms with Crippen LogP contribution < -0.4 is 9.47 Å². The molecular weight excluding hydrogens is 865 g/mol. The maximum atomic E-state index is 13.8. The molecule has 0 aromatic heterocycles. The van der Waals surface area contributed by atoms with Crippen LogP contribution in [-0.4, -0.2) is 78.2 Å². The molecule has 0 aliphatic heterocycles. The van der Waals surface area contributed by atoms with E-state index in [4.69, 9.17) is 37.6 Å². The molecule has 0 amide bonds. The van der Waals surface area contributed by atoms with Crippen molar-refractivity contribution in [2.75, 3.05) is 41.3 Å². The smallest absolute Gasteiger partial charge is 0.191 e. The van der Waals surface area contributed by atoms with E-state index in [0.29, 0.717) is 26.2 Å². The zero-order valence-electron chi connectivity index (χ0n) is 40.9. The van der Waals surface area contributed by atoms with Crippen molar-refractivity contribution < 1.29 is 42.7 Å². The third kappa shape index (κ3) is 11.7. The zero-order valence-corrected chi connectivity index (χ0v) is 42.7. The van der Waals surface area contributed by atoms with Gasteiger partial charge in [-0.1, -0.05) is 131 Å². The lowest BCUT2D eigenvalue weighted by atomic mass is 9.62. The van der Waals surface area contributed by atoms with Gasteiger partial charge in [-0.15, -0.1) is 0 Å². The van der Waals surface area contributed by atoms with Crippen molar-refractivity contribution >= 4 is 20.1 Å². The Bertz CT molecular complexity index is 2140. The maximum absolute atomic E-state index is 13.8. The van der Waals surface area contributed by atoms with E-state index in [1.807, 2.05) is 97.1 Å². The first-order chi connectivity index (χ1) is 31.5. The van der Waals surface area contributed by atoms with Crippen LogP contribution in [0, 0.1) is 16.7 Å². The van der Waals surface area contributed by atoms with Crippen molar-refractivity contribution in [1.82, 2.24) is 0 Å². The average Bonchev–Trinajstić information content (AvgIpc) is 3.65. The molecule has 358 valence electrons. The molecule has 6 atom stereocenters. The molecule has 2 bridgehead atoms. The van der Waals surface area contributed by atoms with Crippen LogP contribution in [0.2, 0.25) is 18.1 Å². The Hall–Kier alpha value is -3.75. The lowest BCUT2D eigenvalue weighted by Gasteiger charge is -2.47. The summed E-state index contributed by atoms with van der Waals surface area (Å²) in [5.74, 6) is 1.58. The van der Waals surface area contributed by atoms with Crippen molar-refractivity contribution in [3.8, 4) is 11.5 Å². The van der Waals surface area contributed by atoms with Crippen LogP contribution >= 0.6 is 11.8 Å². The summed E-state index contributed by atoms with van der Waals surface area (Å²) in [6, 6.07) is 36.3. The summed E-state index contributed by atoms with van der Waals surface area (Å²) in [6.45, 7) is 17.3. The van der Waals surface area contributed by atoms with Gasteiger partial charge in [-0.2, -0.15) is 0 Å². The molecule has 11 heteroatoms. The minimum absolute atomic E-state index is 0.00440. The average molecular weight is 939 g/mol. The number of fused-ring (bicyclic) bond motifs is 2. The van der Waals surface area contributed by atoms with Gasteiger partial charge in [0.1, 0.15) is 29.5 Å². The number of aliphatic hydroxyl groups is 1. The van der Waals surface area contributed by atoms with Crippen molar-refractivity contribution in [3.05, 3.63) is 150 Å². The van der Waals surface area contributed by atoms with E-state index in [9.17, 15) is 5.11 Å². The van der Waals surface area contributed by atoms with Crippen molar-refractivity contribution in [3.63, 3.8) is 0 Å². The minimum atomic E-state index is -2.17. The third-order valence-electron chi connectivity index (χ3n) is 14.6. The van der Waals surface area contributed by atoms with Crippen molar-refractivity contribution in [1.29, 1.82) is 0 Å². The predicted molar refractivity (Wildman–Crippen MR) is 267 cm³/mol. The van der Waals surface area contributed by atoms with Gasteiger partial charge in [0, 0.05) is 24.0 Å². The molecule has 2 fully saturated rings. The highest BCUT2D eigenvalue weighted by Gasteiger charge is 2.74. The second kappa shape index (κ2) is 22.6. The van der Waals surface area contributed by atoms with Gasteiger partial charge >= 0.3 is 0 Å². The van der Waals surface area contributed by atoms with E-state index < -0.39 is 37.1 Å². The summed E-state index contributed by atoms with van der Waals surface area (Å²) in [6.07, 6.45) is 7.22. The molecule has 2 aliphatic carbocycles. The first-order valence-electron chi connectivity index (χ1n) is 23.2. The van der Waals surface area contributed by atoms with Gasteiger partial charge in [-0.05, 0) is 113 Å². The third-order valence-corrected chi connectivity index (χ3v) is 20.0. The van der Waals surface area contributed by atoms with E-state index in [1.165, 1.54) is 0 Å². The van der Waals surface area contributed by atoms with Crippen LogP contribution in [0.25, 0.3) is 0 Å². The number of rotatable bonds is 25. The van der Waals surface area contributed by atoms with Gasteiger partial charge in [-0.3, -0.25) is 0 Å². The number of thioether (sulfide) groups is 1. The van der Waals surface area contributed by atoms with Crippen LogP contribution in [-0.2, 0) is 47.9 Å². The van der Waals surface area contributed by atoms with Crippen LogP contribution in [0.5, 0.6) is 11.5 Å². The number of benzene rings is 4. The number of ether oxygens (including phenoxy) is 7. The Labute approximate surface area is 400 Å². The standard InChI is InChI=1S/C55H74O9SSi/c1-51(2,3)66(9,10)64-35-30-49(61-38-44-23-27-46(59-8)28-24-44)53(63-39-42-17-13-11-14-18-42,40-60-37-43-21-25-45(58-7)26-22-43)32-33-55(56)50(62-41-57-6)48-29-31-54(55,52(48,4)5)34-36-65-47-19-15-12-16-20-47/h11-28,32-34,36,48-50,56H,29-31,35,37-41H2,1-10H3/b33-32-,36-34-/t48-,49-,50-,53+,54+,55-/m1/s1. The summed E-state index contributed by atoms with van der Waals surface area (Å²) in [5.41, 5.74) is -0.832. The Balaban J connectivity index is 1.49. The summed E-state index contributed by atoms with van der Waals surface area (Å²) in [5, 5.41) is 15.9. The van der Waals surface area contributed by atoms with Gasteiger partial charge in [-0.25, -0.2) is 0 Å². The molecule has 1 N–H and O–H groups in total. The number of hydrogen-bond acceptors (Lipinski definition) is 10. The first kappa shape index (κ1) is 51.6. The Morgan fingerprint density at radius 3 is 1.95 bits per heavy atom. The zero-order chi connectivity index (χ0) is 47.5. The molecule has 66 heavy (non-hydrogen) atoms. The quantitative estimate of drug-likeness (QED) is 0.0300. The maximum Gasteiger partial charge on any atom is 0.191 e. The predicted octanol–water partition coefficient (Wildman–Crippen LogP) is 12.2. The van der Waals surface area contributed by atoms with Crippen LogP contribution in [0.3, 0.4) is 0 Å². The molecule has 0 saturated heterocycles. The highest BCUT2D eigenvalue weighted by Crippen LogP contribution is 2.72. The largest absolute Gasteiger partial charge is 0.497 e. The Morgan fingerprint density at radius 1 is 0.773 bits per heavy atom. The van der Waals surface area contributed by atoms with Crippen molar-refractivity contribution in [2.45, 2.75) is 120 Å². The van der Waals surface area contributed by atoms with Gasteiger partial charge in [0.25, 0.3) is 0 Å². The second-order valence-corrected chi connectivity index (χ2v) is 25.6. The monoisotopic (exact) mass is 938 g/mol. The molecule has 0 heterocycles. The number of hydrogen-bond donors (Lipinski definition) is 1. The van der Waals surface area contributed by atoms with Gasteiger partial charge in [0.05, 0.1) is 52.9 Å². The van der Waals surface area contributed by atoms with E-state index in [-0.39, 0.29) is 36.4 Å². The van der Waals surface area contributed by atoms with Crippen molar-refractivity contribution in [2.24, 2.45) is 16.7 Å². The van der Waals surface area contributed by atoms with Gasteiger partial charge < -0.3 is 42.7 Å².